The first-order valence-corrected chi connectivity index (χ1v) is 12.1. The Morgan fingerprint density at radius 2 is 0.923 bits per heavy atom. The zero-order valence-corrected chi connectivity index (χ0v) is 20.2. The van der Waals surface area contributed by atoms with Crippen LogP contribution in [-0.2, 0) is 12.4 Å². The standard InChI is InChI=1S/C32H19F6N/c33-31(34,35)24-13-16-30(27(19-24)32(36,37)38)39-28-14-11-22(20-7-3-1-4-8-20)17-25(28)26-18-23(12-15-29(26)39)21-9-5-2-6-10-21/h1-19H. The largest absolute Gasteiger partial charge is 0.418 e. The molecule has 0 saturated carbocycles. The molecule has 1 heterocycles. The van der Waals surface area contributed by atoms with Crippen molar-refractivity contribution in [1.29, 1.82) is 0 Å². The Bertz CT molecular complexity index is 1720. The molecule has 0 fully saturated rings. The molecule has 0 saturated heterocycles. The molecule has 0 N–H and O–H groups in total. The van der Waals surface area contributed by atoms with Gasteiger partial charge in [-0.15, -0.1) is 0 Å². The van der Waals surface area contributed by atoms with Gasteiger partial charge in [0.15, 0.2) is 0 Å². The number of rotatable bonds is 3. The molecule has 194 valence electrons. The van der Waals surface area contributed by atoms with E-state index in [4.69, 9.17) is 0 Å². The van der Waals surface area contributed by atoms with Crippen molar-refractivity contribution < 1.29 is 26.3 Å². The van der Waals surface area contributed by atoms with E-state index in [2.05, 4.69) is 0 Å². The van der Waals surface area contributed by atoms with Gasteiger partial charge in [0.25, 0.3) is 0 Å². The lowest BCUT2D eigenvalue weighted by atomic mass is 10.0. The van der Waals surface area contributed by atoms with Crippen molar-refractivity contribution >= 4 is 21.8 Å². The normalized spacial score (nSPS) is 12.4. The third-order valence-corrected chi connectivity index (χ3v) is 6.85. The molecule has 0 aliphatic carbocycles. The van der Waals surface area contributed by atoms with Crippen LogP contribution in [0.1, 0.15) is 11.1 Å². The Balaban J connectivity index is 1.69. The molecule has 0 amide bonds. The molecular weight excluding hydrogens is 512 g/mol. The lowest BCUT2D eigenvalue weighted by Gasteiger charge is -2.18. The monoisotopic (exact) mass is 531 g/mol. The van der Waals surface area contributed by atoms with E-state index >= 15 is 0 Å². The van der Waals surface area contributed by atoms with Crippen LogP contribution in [-0.4, -0.2) is 4.57 Å². The summed E-state index contributed by atoms with van der Waals surface area (Å²) < 4.78 is 84.1. The molecule has 7 heteroatoms. The van der Waals surface area contributed by atoms with Gasteiger partial charge in [-0.2, -0.15) is 26.3 Å². The number of alkyl halides is 6. The van der Waals surface area contributed by atoms with E-state index in [0.717, 1.165) is 28.3 Å². The molecule has 1 nitrogen and oxygen atoms in total. The van der Waals surface area contributed by atoms with Crippen molar-refractivity contribution in [1.82, 2.24) is 4.57 Å². The average Bonchev–Trinajstić information content (AvgIpc) is 3.25. The maximum absolute atomic E-state index is 14.2. The molecule has 0 bridgehead atoms. The van der Waals surface area contributed by atoms with Crippen LogP contribution in [0, 0.1) is 0 Å². The number of hydrogen-bond donors (Lipinski definition) is 0. The van der Waals surface area contributed by atoms with Gasteiger partial charge in [-0.3, -0.25) is 0 Å². The highest BCUT2D eigenvalue weighted by atomic mass is 19.4. The second kappa shape index (κ2) is 9.05. The van der Waals surface area contributed by atoms with E-state index in [0.29, 0.717) is 27.9 Å². The van der Waals surface area contributed by atoms with Gasteiger partial charge in [0.1, 0.15) is 0 Å². The highest BCUT2D eigenvalue weighted by Crippen LogP contribution is 2.43. The van der Waals surface area contributed by atoms with E-state index in [1.165, 1.54) is 4.57 Å². The van der Waals surface area contributed by atoms with Crippen LogP contribution in [0.5, 0.6) is 0 Å². The number of benzene rings is 5. The Kier molecular flexibility index (Phi) is 5.75. The third-order valence-electron chi connectivity index (χ3n) is 6.85. The van der Waals surface area contributed by atoms with Crippen molar-refractivity contribution in [2.75, 3.05) is 0 Å². The van der Waals surface area contributed by atoms with Gasteiger partial charge in [-0.25, -0.2) is 0 Å². The maximum Gasteiger partial charge on any atom is 0.418 e. The lowest BCUT2D eigenvalue weighted by molar-refractivity contribution is -0.142. The first-order chi connectivity index (χ1) is 18.6. The number of halogens is 6. The highest BCUT2D eigenvalue weighted by Gasteiger charge is 2.39. The molecule has 0 aliphatic rings. The quantitative estimate of drug-likeness (QED) is 0.200. The van der Waals surface area contributed by atoms with Gasteiger partial charge >= 0.3 is 12.4 Å². The first-order valence-electron chi connectivity index (χ1n) is 12.1. The van der Waals surface area contributed by atoms with Crippen molar-refractivity contribution in [2.45, 2.75) is 12.4 Å². The summed E-state index contributed by atoms with van der Waals surface area (Å²) in [5.41, 5.74) is 1.46. The zero-order valence-electron chi connectivity index (χ0n) is 20.2. The van der Waals surface area contributed by atoms with Crippen LogP contribution in [0.2, 0.25) is 0 Å². The van der Waals surface area contributed by atoms with Crippen LogP contribution in [0.3, 0.4) is 0 Å². The molecule has 0 spiro atoms. The summed E-state index contributed by atoms with van der Waals surface area (Å²) in [4.78, 5) is 0. The molecule has 5 aromatic carbocycles. The fourth-order valence-corrected chi connectivity index (χ4v) is 5.04. The minimum Gasteiger partial charge on any atom is -0.309 e. The smallest absolute Gasteiger partial charge is 0.309 e. The summed E-state index contributed by atoms with van der Waals surface area (Å²) in [5.74, 6) is 0. The van der Waals surface area contributed by atoms with Gasteiger partial charge < -0.3 is 4.57 Å². The van der Waals surface area contributed by atoms with E-state index in [9.17, 15) is 26.3 Å². The topological polar surface area (TPSA) is 4.93 Å². The summed E-state index contributed by atoms with van der Waals surface area (Å²) in [6.07, 6.45) is -9.91. The summed E-state index contributed by atoms with van der Waals surface area (Å²) >= 11 is 0. The third kappa shape index (κ3) is 4.44. The SMILES string of the molecule is FC(F)(F)c1ccc(-n2c3ccc(-c4ccccc4)cc3c3cc(-c4ccccc4)ccc32)c(C(F)(F)F)c1. The zero-order chi connectivity index (χ0) is 27.4. The predicted molar refractivity (Wildman–Crippen MR) is 142 cm³/mol. The summed E-state index contributed by atoms with van der Waals surface area (Å²) in [6, 6.07) is 31.8. The highest BCUT2D eigenvalue weighted by molar-refractivity contribution is 6.11. The van der Waals surface area contributed by atoms with Gasteiger partial charge in [0, 0.05) is 10.8 Å². The van der Waals surface area contributed by atoms with Gasteiger partial charge in [0.2, 0.25) is 0 Å². The van der Waals surface area contributed by atoms with Crippen LogP contribution in [0.25, 0.3) is 49.7 Å². The van der Waals surface area contributed by atoms with Crippen LogP contribution in [0.4, 0.5) is 26.3 Å². The molecule has 0 aliphatic heterocycles. The fourth-order valence-electron chi connectivity index (χ4n) is 5.04. The van der Waals surface area contributed by atoms with Crippen molar-refractivity contribution in [3.05, 3.63) is 126 Å². The van der Waals surface area contributed by atoms with Crippen molar-refractivity contribution in [2.24, 2.45) is 0 Å². The van der Waals surface area contributed by atoms with Gasteiger partial charge in [-0.05, 0) is 64.7 Å². The fraction of sp³-hybridized carbons (Fsp3) is 0.0625. The van der Waals surface area contributed by atoms with Gasteiger partial charge in [0.05, 0.1) is 27.8 Å². The second-order valence-electron chi connectivity index (χ2n) is 9.26. The summed E-state index contributed by atoms with van der Waals surface area (Å²) in [5, 5.41) is 1.38. The molecule has 39 heavy (non-hydrogen) atoms. The Hall–Kier alpha value is -4.52. The van der Waals surface area contributed by atoms with Crippen LogP contribution >= 0.6 is 0 Å². The van der Waals surface area contributed by atoms with E-state index in [1.54, 1.807) is 12.1 Å². The maximum atomic E-state index is 14.2. The van der Waals surface area contributed by atoms with E-state index < -0.39 is 23.5 Å². The van der Waals surface area contributed by atoms with Crippen molar-refractivity contribution in [3.8, 4) is 27.9 Å². The van der Waals surface area contributed by atoms with Crippen LogP contribution < -0.4 is 0 Å². The van der Waals surface area contributed by atoms with Gasteiger partial charge in [-0.1, -0.05) is 72.8 Å². The molecule has 0 radical (unpaired) electrons. The Morgan fingerprint density at radius 3 is 1.36 bits per heavy atom. The summed E-state index contributed by atoms with van der Waals surface area (Å²) in [7, 11) is 0. The minimum atomic E-state index is -5.01. The number of aromatic nitrogens is 1. The minimum absolute atomic E-state index is 0.184. The molecular formula is C32H19F6N. The lowest BCUT2D eigenvalue weighted by Crippen LogP contribution is -2.14. The first kappa shape index (κ1) is 24.8. The predicted octanol–water partition coefficient (Wildman–Crippen LogP) is 10.2. The molecule has 6 aromatic rings. The van der Waals surface area contributed by atoms with Crippen LogP contribution in [0.15, 0.2) is 115 Å². The molecule has 0 atom stereocenters. The molecule has 1 aromatic heterocycles. The molecule has 6 rings (SSSR count). The average molecular weight is 531 g/mol. The Morgan fingerprint density at radius 1 is 0.436 bits per heavy atom. The number of hydrogen-bond acceptors (Lipinski definition) is 0. The van der Waals surface area contributed by atoms with E-state index in [-0.39, 0.29) is 11.8 Å². The van der Waals surface area contributed by atoms with Crippen molar-refractivity contribution in [3.63, 3.8) is 0 Å². The second-order valence-corrected chi connectivity index (χ2v) is 9.26. The summed E-state index contributed by atoms with van der Waals surface area (Å²) in [6.45, 7) is 0. The molecule has 0 unspecified atom stereocenters. The van der Waals surface area contributed by atoms with E-state index in [1.807, 2.05) is 84.9 Å². The number of nitrogens with zero attached hydrogens (tertiary/aromatic N) is 1. The Labute approximate surface area is 219 Å². The number of fused-ring (bicyclic) bond motifs is 3.